The zero-order valence-electron chi connectivity index (χ0n) is 14.6. The standard InChI is InChI=1S/C21H12Br2F2O3S/c22-15-4-1-13(2-5-15)21(26)20(11-14-3-8-17(24)12-19(14)25)29(27,28)18-9-6-16(23)7-10-18/h1-12H/b20-11+. The Morgan fingerprint density at radius 2 is 1.38 bits per heavy atom. The number of carbonyl (C=O) groups is 1. The third-order valence-corrected chi connectivity index (χ3v) is 6.83. The fourth-order valence-electron chi connectivity index (χ4n) is 2.51. The van der Waals surface area contributed by atoms with Crippen molar-refractivity contribution in [2.75, 3.05) is 0 Å². The van der Waals surface area contributed by atoms with E-state index in [2.05, 4.69) is 31.9 Å². The molecule has 3 aromatic carbocycles. The van der Waals surface area contributed by atoms with Gasteiger partial charge in [0.05, 0.1) is 4.90 Å². The summed E-state index contributed by atoms with van der Waals surface area (Å²) in [6.07, 6.45) is 0.927. The molecule has 3 nitrogen and oxygen atoms in total. The minimum atomic E-state index is -4.28. The number of carbonyl (C=O) groups excluding carboxylic acids is 1. The Morgan fingerprint density at radius 1 is 0.828 bits per heavy atom. The Labute approximate surface area is 183 Å². The first-order valence-electron chi connectivity index (χ1n) is 8.16. The van der Waals surface area contributed by atoms with Crippen LogP contribution in [-0.2, 0) is 9.84 Å². The van der Waals surface area contributed by atoms with Crippen LogP contribution < -0.4 is 0 Å². The fraction of sp³-hybridized carbons (Fsp3) is 0. The quantitative estimate of drug-likeness (QED) is 0.286. The lowest BCUT2D eigenvalue weighted by atomic mass is 10.1. The summed E-state index contributed by atoms with van der Waals surface area (Å²) in [5.74, 6) is -2.59. The highest BCUT2D eigenvalue weighted by Crippen LogP contribution is 2.27. The van der Waals surface area contributed by atoms with Gasteiger partial charge in [0.2, 0.25) is 15.6 Å². The van der Waals surface area contributed by atoms with Crippen LogP contribution in [0, 0.1) is 11.6 Å². The molecule has 3 rings (SSSR count). The van der Waals surface area contributed by atoms with E-state index in [1.54, 1.807) is 12.1 Å². The normalized spacial score (nSPS) is 12.1. The molecular weight excluding hydrogens is 530 g/mol. The molecule has 148 valence electrons. The van der Waals surface area contributed by atoms with Crippen LogP contribution in [0.4, 0.5) is 8.78 Å². The lowest BCUT2D eigenvalue weighted by Crippen LogP contribution is -2.14. The summed E-state index contributed by atoms with van der Waals surface area (Å²) in [7, 11) is -4.28. The molecule has 0 aliphatic rings. The monoisotopic (exact) mass is 540 g/mol. The molecule has 0 radical (unpaired) electrons. The summed E-state index contributed by atoms with van der Waals surface area (Å²) in [5, 5.41) is 0. The van der Waals surface area contributed by atoms with Gasteiger partial charge >= 0.3 is 0 Å². The summed E-state index contributed by atoms with van der Waals surface area (Å²) in [4.78, 5) is 12.3. The predicted molar refractivity (Wildman–Crippen MR) is 114 cm³/mol. The van der Waals surface area contributed by atoms with E-state index >= 15 is 0 Å². The second-order valence-corrected chi connectivity index (χ2v) is 9.72. The molecule has 0 fully saturated rings. The van der Waals surface area contributed by atoms with Crippen LogP contribution in [-0.4, -0.2) is 14.2 Å². The third-order valence-electron chi connectivity index (χ3n) is 3.99. The predicted octanol–water partition coefficient (Wildman–Crippen LogP) is 6.19. The van der Waals surface area contributed by atoms with E-state index in [1.165, 1.54) is 36.4 Å². The molecule has 0 aromatic heterocycles. The Hall–Kier alpha value is -2.16. The molecule has 0 aliphatic carbocycles. The van der Waals surface area contributed by atoms with Gasteiger partial charge < -0.3 is 0 Å². The van der Waals surface area contributed by atoms with Crippen molar-refractivity contribution in [3.05, 3.63) is 103 Å². The maximum Gasteiger partial charge on any atom is 0.210 e. The van der Waals surface area contributed by atoms with E-state index < -0.39 is 32.2 Å². The van der Waals surface area contributed by atoms with Gasteiger partial charge in [0.1, 0.15) is 16.5 Å². The van der Waals surface area contributed by atoms with E-state index in [4.69, 9.17) is 0 Å². The van der Waals surface area contributed by atoms with Crippen LogP contribution in [0.1, 0.15) is 15.9 Å². The molecule has 0 spiro atoms. The summed E-state index contributed by atoms with van der Waals surface area (Å²) in [5.41, 5.74) is -0.102. The number of ketones is 1. The molecule has 0 unspecified atom stereocenters. The Bertz CT molecular complexity index is 1200. The number of halogens is 4. The van der Waals surface area contributed by atoms with Crippen molar-refractivity contribution < 1.29 is 22.0 Å². The molecule has 0 atom stereocenters. The molecule has 3 aromatic rings. The number of hydrogen-bond donors (Lipinski definition) is 0. The van der Waals surface area contributed by atoms with E-state index in [0.717, 1.165) is 18.2 Å². The molecular formula is C21H12Br2F2O3S. The highest BCUT2D eigenvalue weighted by Gasteiger charge is 2.28. The first kappa shape index (κ1) is 21.5. The lowest BCUT2D eigenvalue weighted by molar-refractivity contribution is 0.104. The van der Waals surface area contributed by atoms with Crippen molar-refractivity contribution in [3.8, 4) is 0 Å². The van der Waals surface area contributed by atoms with Gasteiger partial charge in [-0.3, -0.25) is 4.79 Å². The topological polar surface area (TPSA) is 51.2 Å². The molecule has 8 heteroatoms. The Morgan fingerprint density at radius 3 is 1.93 bits per heavy atom. The van der Waals surface area contributed by atoms with Gasteiger partial charge in [-0.1, -0.05) is 31.9 Å². The van der Waals surface area contributed by atoms with Gasteiger partial charge in [-0.2, -0.15) is 0 Å². The fourth-order valence-corrected chi connectivity index (χ4v) is 4.43. The second-order valence-electron chi connectivity index (χ2n) is 5.97. The number of Topliss-reactive ketones (excluding diaryl/α,β-unsaturated/α-hetero) is 1. The highest BCUT2D eigenvalue weighted by atomic mass is 79.9. The summed E-state index contributed by atoms with van der Waals surface area (Å²) < 4.78 is 55.2. The third kappa shape index (κ3) is 4.88. The van der Waals surface area contributed by atoms with E-state index in [9.17, 15) is 22.0 Å². The second kappa shape index (κ2) is 8.69. The molecule has 0 saturated heterocycles. The average Bonchev–Trinajstić information content (AvgIpc) is 2.67. The van der Waals surface area contributed by atoms with Gasteiger partial charge in [-0.05, 0) is 66.7 Å². The molecule has 0 amide bonds. The van der Waals surface area contributed by atoms with Crippen LogP contribution in [0.2, 0.25) is 0 Å². The molecule has 0 saturated carbocycles. The maximum atomic E-state index is 14.2. The van der Waals surface area contributed by atoms with E-state index in [1.807, 2.05) is 0 Å². The SMILES string of the molecule is O=C(/C(=C\c1ccc(F)cc1F)S(=O)(=O)c1ccc(Br)cc1)c1ccc(Br)cc1. The van der Waals surface area contributed by atoms with Crippen LogP contribution in [0.5, 0.6) is 0 Å². The summed E-state index contributed by atoms with van der Waals surface area (Å²) in [6.45, 7) is 0. The number of sulfone groups is 1. The molecule has 0 bridgehead atoms. The van der Waals surface area contributed by atoms with Gasteiger partial charge in [0.25, 0.3) is 0 Å². The first-order chi connectivity index (χ1) is 13.7. The van der Waals surface area contributed by atoms with Gasteiger partial charge in [0, 0.05) is 26.1 Å². The van der Waals surface area contributed by atoms with Crippen molar-refractivity contribution in [2.45, 2.75) is 4.90 Å². The largest absolute Gasteiger partial charge is 0.288 e. The number of rotatable bonds is 5. The highest BCUT2D eigenvalue weighted by molar-refractivity contribution is 9.10. The lowest BCUT2D eigenvalue weighted by Gasteiger charge is -2.10. The van der Waals surface area contributed by atoms with E-state index in [-0.39, 0.29) is 16.0 Å². The van der Waals surface area contributed by atoms with Crippen LogP contribution >= 0.6 is 31.9 Å². The number of benzene rings is 3. The molecule has 0 heterocycles. The number of allylic oxidation sites excluding steroid dienone is 1. The summed E-state index contributed by atoms with van der Waals surface area (Å²) >= 11 is 6.48. The zero-order chi connectivity index (χ0) is 21.2. The Kier molecular flexibility index (Phi) is 6.45. The van der Waals surface area contributed by atoms with Crippen molar-refractivity contribution >= 4 is 53.6 Å². The van der Waals surface area contributed by atoms with Crippen LogP contribution in [0.3, 0.4) is 0 Å². The first-order valence-corrected chi connectivity index (χ1v) is 11.2. The van der Waals surface area contributed by atoms with Gasteiger partial charge in [-0.25, -0.2) is 17.2 Å². The minimum Gasteiger partial charge on any atom is -0.288 e. The maximum absolute atomic E-state index is 14.2. The van der Waals surface area contributed by atoms with Crippen LogP contribution in [0.25, 0.3) is 6.08 Å². The van der Waals surface area contributed by atoms with Gasteiger partial charge in [0.15, 0.2) is 0 Å². The molecule has 0 aliphatic heterocycles. The number of hydrogen-bond acceptors (Lipinski definition) is 3. The van der Waals surface area contributed by atoms with Crippen molar-refractivity contribution in [3.63, 3.8) is 0 Å². The van der Waals surface area contributed by atoms with E-state index in [0.29, 0.717) is 15.0 Å². The van der Waals surface area contributed by atoms with Crippen LogP contribution in [0.15, 0.2) is 85.5 Å². The molecule has 29 heavy (non-hydrogen) atoms. The average molecular weight is 542 g/mol. The van der Waals surface area contributed by atoms with Gasteiger partial charge in [-0.15, -0.1) is 0 Å². The van der Waals surface area contributed by atoms with Crippen molar-refractivity contribution in [1.29, 1.82) is 0 Å². The van der Waals surface area contributed by atoms with Crippen molar-refractivity contribution in [1.82, 2.24) is 0 Å². The zero-order valence-corrected chi connectivity index (χ0v) is 18.6. The smallest absolute Gasteiger partial charge is 0.210 e. The van der Waals surface area contributed by atoms with Crippen molar-refractivity contribution in [2.24, 2.45) is 0 Å². The molecule has 0 N–H and O–H groups in total. The summed E-state index contributed by atoms with van der Waals surface area (Å²) in [6, 6.07) is 14.5. The Balaban J connectivity index is 2.20. The minimum absolute atomic E-state index is 0.114.